The number of fused-ring (bicyclic) bond motifs is 3. The molecular weight excluding hydrogens is 423 g/mol. The maximum absolute atomic E-state index is 13.5. The van der Waals surface area contributed by atoms with Crippen LogP contribution in [0.4, 0.5) is 4.39 Å². The van der Waals surface area contributed by atoms with E-state index >= 15 is 0 Å². The molecule has 0 aliphatic carbocycles. The van der Waals surface area contributed by atoms with E-state index in [1.807, 2.05) is 60.7 Å². The van der Waals surface area contributed by atoms with Gasteiger partial charge < -0.3 is 4.42 Å². The maximum Gasteiger partial charge on any atom is 0.144 e. The van der Waals surface area contributed by atoms with Gasteiger partial charge in [0.2, 0.25) is 0 Å². The molecule has 0 saturated carbocycles. The fourth-order valence-corrected chi connectivity index (χ4v) is 4.50. The Bertz CT molecular complexity index is 1710. The minimum absolute atomic E-state index is 0.382. The number of nitriles is 1. The second-order valence-electron chi connectivity index (χ2n) is 8.07. The third kappa shape index (κ3) is 3.23. The smallest absolute Gasteiger partial charge is 0.144 e. The lowest BCUT2D eigenvalue weighted by atomic mass is 9.93. The molecular formula is C30H17FN2O. The highest BCUT2D eigenvalue weighted by molar-refractivity contribution is 6.15. The number of pyridine rings is 1. The molecule has 160 valence electrons. The molecule has 0 aliphatic rings. The van der Waals surface area contributed by atoms with Gasteiger partial charge in [-0.2, -0.15) is 5.26 Å². The van der Waals surface area contributed by atoms with Crippen LogP contribution >= 0.6 is 0 Å². The van der Waals surface area contributed by atoms with Crippen molar-refractivity contribution in [1.29, 1.82) is 5.26 Å². The second-order valence-corrected chi connectivity index (χ2v) is 8.07. The van der Waals surface area contributed by atoms with Crippen molar-refractivity contribution < 1.29 is 8.81 Å². The maximum atomic E-state index is 13.5. The van der Waals surface area contributed by atoms with Gasteiger partial charge in [0, 0.05) is 21.9 Å². The first-order valence-electron chi connectivity index (χ1n) is 10.9. The van der Waals surface area contributed by atoms with Crippen LogP contribution in [0.5, 0.6) is 0 Å². The molecule has 0 spiro atoms. The van der Waals surface area contributed by atoms with Gasteiger partial charge in [0.05, 0.1) is 23.5 Å². The van der Waals surface area contributed by atoms with Crippen LogP contribution in [-0.2, 0) is 0 Å². The van der Waals surface area contributed by atoms with Crippen molar-refractivity contribution in [2.75, 3.05) is 0 Å². The van der Waals surface area contributed by atoms with Gasteiger partial charge in [-0.1, -0.05) is 60.7 Å². The summed E-state index contributed by atoms with van der Waals surface area (Å²) in [6, 6.07) is 33.1. The first kappa shape index (κ1) is 19.9. The van der Waals surface area contributed by atoms with Crippen molar-refractivity contribution in [3.63, 3.8) is 0 Å². The van der Waals surface area contributed by atoms with Gasteiger partial charge in [-0.15, -0.1) is 0 Å². The first-order valence-corrected chi connectivity index (χ1v) is 10.9. The molecule has 3 nitrogen and oxygen atoms in total. The third-order valence-electron chi connectivity index (χ3n) is 6.05. The summed E-state index contributed by atoms with van der Waals surface area (Å²) < 4.78 is 19.8. The van der Waals surface area contributed by atoms with Crippen molar-refractivity contribution in [2.24, 2.45) is 0 Å². The van der Waals surface area contributed by atoms with Crippen molar-refractivity contribution >= 4 is 21.9 Å². The number of furan rings is 1. The zero-order valence-electron chi connectivity index (χ0n) is 18.0. The number of halogens is 1. The molecule has 0 radical (unpaired) electrons. The van der Waals surface area contributed by atoms with Crippen LogP contribution in [0.2, 0.25) is 0 Å². The molecule has 0 aliphatic heterocycles. The van der Waals surface area contributed by atoms with E-state index in [0.717, 1.165) is 38.6 Å². The Morgan fingerprint density at radius 1 is 0.765 bits per heavy atom. The fourth-order valence-electron chi connectivity index (χ4n) is 4.50. The van der Waals surface area contributed by atoms with E-state index in [-0.39, 0.29) is 5.82 Å². The summed E-state index contributed by atoms with van der Waals surface area (Å²) in [6.07, 6.45) is 1.21. The Hall–Kier alpha value is -4.75. The molecule has 34 heavy (non-hydrogen) atoms. The first-order chi connectivity index (χ1) is 16.7. The highest BCUT2D eigenvalue weighted by atomic mass is 19.1. The van der Waals surface area contributed by atoms with Gasteiger partial charge in [0.25, 0.3) is 0 Å². The zero-order valence-corrected chi connectivity index (χ0v) is 18.0. The summed E-state index contributed by atoms with van der Waals surface area (Å²) in [5, 5.41) is 11.7. The van der Waals surface area contributed by atoms with E-state index in [1.54, 1.807) is 6.07 Å². The van der Waals surface area contributed by atoms with Crippen molar-refractivity contribution in [1.82, 2.24) is 4.98 Å². The number of rotatable bonds is 3. The number of hydrogen-bond donors (Lipinski definition) is 0. The Morgan fingerprint density at radius 3 is 2.35 bits per heavy atom. The predicted molar refractivity (Wildman–Crippen MR) is 132 cm³/mol. The van der Waals surface area contributed by atoms with E-state index in [1.165, 1.54) is 12.3 Å². The number of benzene rings is 4. The largest absolute Gasteiger partial charge is 0.455 e. The Balaban J connectivity index is 1.63. The average molecular weight is 440 g/mol. The molecule has 0 atom stereocenters. The van der Waals surface area contributed by atoms with Gasteiger partial charge in [-0.3, -0.25) is 4.98 Å². The van der Waals surface area contributed by atoms with E-state index in [9.17, 15) is 9.65 Å². The second kappa shape index (κ2) is 7.99. The summed E-state index contributed by atoms with van der Waals surface area (Å²) in [5.74, 6) is -0.382. The summed E-state index contributed by atoms with van der Waals surface area (Å²) in [6.45, 7) is 0. The molecule has 0 unspecified atom stereocenters. The van der Waals surface area contributed by atoms with Gasteiger partial charge in [0.15, 0.2) is 0 Å². The summed E-state index contributed by atoms with van der Waals surface area (Å²) in [5.41, 5.74) is 7.21. The van der Waals surface area contributed by atoms with Gasteiger partial charge in [0.1, 0.15) is 17.0 Å². The minimum atomic E-state index is -0.382. The SMILES string of the molecule is N#Cc1ccc2c(oc3cccc(-c4ccc(F)cn4)c32)c1-c1cccc(-c2ccccc2)c1. The van der Waals surface area contributed by atoms with E-state index in [2.05, 4.69) is 35.3 Å². The van der Waals surface area contributed by atoms with Crippen LogP contribution in [0, 0.1) is 17.1 Å². The zero-order chi connectivity index (χ0) is 23.1. The van der Waals surface area contributed by atoms with Crippen LogP contribution in [0.25, 0.3) is 55.4 Å². The van der Waals surface area contributed by atoms with E-state index in [0.29, 0.717) is 22.4 Å². The average Bonchev–Trinajstić information content (AvgIpc) is 3.28. The Labute approximate surface area is 195 Å². The highest BCUT2D eigenvalue weighted by Gasteiger charge is 2.19. The fraction of sp³-hybridized carbons (Fsp3) is 0. The number of hydrogen-bond acceptors (Lipinski definition) is 3. The lowest BCUT2D eigenvalue weighted by Crippen LogP contribution is -1.88. The number of nitrogens with zero attached hydrogens (tertiary/aromatic N) is 2. The standard InChI is InChI=1S/C30H17FN2O/c31-23-13-15-26(33-18-23)24-10-5-11-27-29(24)25-14-12-22(17-32)28(30(25)34-27)21-9-4-8-20(16-21)19-6-2-1-3-7-19/h1-16,18H. The van der Waals surface area contributed by atoms with E-state index in [4.69, 9.17) is 4.42 Å². The third-order valence-corrected chi connectivity index (χ3v) is 6.05. The predicted octanol–water partition coefficient (Wildman–Crippen LogP) is 7.99. The summed E-state index contributed by atoms with van der Waals surface area (Å²) >= 11 is 0. The summed E-state index contributed by atoms with van der Waals surface area (Å²) in [7, 11) is 0. The van der Waals surface area contributed by atoms with Gasteiger partial charge in [-0.05, 0) is 53.1 Å². The van der Waals surface area contributed by atoms with Gasteiger partial charge in [-0.25, -0.2) is 4.39 Å². The normalized spacial score (nSPS) is 11.1. The molecule has 4 heteroatoms. The minimum Gasteiger partial charge on any atom is -0.455 e. The lowest BCUT2D eigenvalue weighted by molar-refractivity contribution is 0.622. The van der Waals surface area contributed by atoms with Crippen LogP contribution in [-0.4, -0.2) is 4.98 Å². The van der Waals surface area contributed by atoms with Crippen LogP contribution in [0.3, 0.4) is 0 Å². The molecule has 6 rings (SSSR count). The van der Waals surface area contributed by atoms with Crippen molar-refractivity contribution in [3.05, 3.63) is 115 Å². The molecule has 4 aromatic carbocycles. The molecule has 0 saturated heterocycles. The molecule has 0 amide bonds. The Kier molecular flexibility index (Phi) is 4.67. The molecule has 0 N–H and O–H groups in total. The van der Waals surface area contributed by atoms with Crippen LogP contribution in [0.1, 0.15) is 5.56 Å². The van der Waals surface area contributed by atoms with Crippen LogP contribution in [0.15, 0.2) is 108 Å². The van der Waals surface area contributed by atoms with Crippen LogP contribution < -0.4 is 0 Å². The quantitative estimate of drug-likeness (QED) is 0.280. The topological polar surface area (TPSA) is 49.8 Å². The monoisotopic (exact) mass is 440 g/mol. The number of aromatic nitrogens is 1. The highest BCUT2D eigenvalue weighted by Crippen LogP contribution is 2.42. The molecule has 2 aromatic heterocycles. The molecule has 0 fully saturated rings. The van der Waals surface area contributed by atoms with E-state index < -0.39 is 0 Å². The van der Waals surface area contributed by atoms with Crippen molar-refractivity contribution in [3.8, 4) is 39.6 Å². The summed E-state index contributed by atoms with van der Waals surface area (Å²) in [4.78, 5) is 4.28. The molecule has 6 aromatic rings. The molecule has 0 bridgehead atoms. The molecule has 2 heterocycles. The van der Waals surface area contributed by atoms with Crippen molar-refractivity contribution in [2.45, 2.75) is 0 Å². The lowest BCUT2D eigenvalue weighted by Gasteiger charge is -2.09. The Morgan fingerprint density at radius 2 is 1.56 bits per heavy atom. The van der Waals surface area contributed by atoms with Gasteiger partial charge >= 0.3 is 0 Å².